The van der Waals surface area contributed by atoms with Crippen LogP contribution in [0.15, 0.2) is 95.4 Å². The summed E-state index contributed by atoms with van der Waals surface area (Å²) in [5.74, 6) is -1.07. The molecule has 1 aromatic heterocycles. The van der Waals surface area contributed by atoms with Crippen LogP contribution < -0.4 is 5.11 Å². The van der Waals surface area contributed by atoms with E-state index in [1.165, 1.54) is 27.8 Å². The fraction of sp³-hybridized carbons (Fsp3) is 0.111. The summed E-state index contributed by atoms with van der Waals surface area (Å²) in [5.41, 5.74) is 7.54. The molecular formula is C27H19F3O3. The number of carboxylic acids is 1. The highest BCUT2D eigenvalue weighted by Crippen LogP contribution is 2.41. The largest absolute Gasteiger partial charge is 0.542 e. The molecule has 33 heavy (non-hydrogen) atoms. The normalized spacial score (nSPS) is 12.1. The van der Waals surface area contributed by atoms with Crippen molar-refractivity contribution in [1.82, 2.24) is 0 Å². The highest BCUT2D eigenvalue weighted by Gasteiger charge is 2.31. The Morgan fingerprint density at radius 2 is 1.30 bits per heavy atom. The summed E-state index contributed by atoms with van der Waals surface area (Å²) in [6, 6.07) is 31.8. The Bertz CT molecular complexity index is 1250. The van der Waals surface area contributed by atoms with Crippen LogP contribution in [0, 0.1) is 0 Å². The lowest BCUT2D eigenvalue weighted by atomic mass is 9.85. The van der Waals surface area contributed by atoms with Gasteiger partial charge in [0, 0.05) is 5.56 Å². The molecule has 6 heteroatoms. The molecule has 1 aliphatic carbocycles. The van der Waals surface area contributed by atoms with Gasteiger partial charge in [0.2, 0.25) is 0 Å². The molecule has 0 bridgehead atoms. The number of carbonyl (C=O) groups excluding carboxylic acids is 1. The monoisotopic (exact) mass is 448 g/mol. The number of benzene rings is 3. The predicted molar refractivity (Wildman–Crippen MR) is 118 cm³/mol. The Morgan fingerprint density at radius 3 is 1.91 bits per heavy atom. The van der Waals surface area contributed by atoms with Gasteiger partial charge in [-0.1, -0.05) is 66.7 Å². The minimum Gasteiger partial charge on any atom is -0.542 e. The predicted octanol–water partition coefficient (Wildman–Crippen LogP) is 5.96. The maximum atomic E-state index is 10.5. The molecule has 3 aromatic carbocycles. The number of alkyl halides is 3. The minimum absolute atomic E-state index is 0.917. The topological polar surface area (TPSA) is 51.4 Å². The third-order valence-corrected chi connectivity index (χ3v) is 5.37. The fourth-order valence-electron chi connectivity index (χ4n) is 3.85. The quantitative estimate of drug-likeness (QED) is 0.356. The summed E-state index contributed by atoms with van der Waals surface area (Å²) in [6.07, 6.45) is -3.13. The van der Waals surface area contributed by atoms with E-state index < -0.39 is 12.1 Å². The molecule has 1 heterocycles. The Morgan fingerprint density at radius 1 is 0.758 bits per heavy atom. The number of aryl methyl sites for hydroxylation is 1. The molecule has 0 unspecified atom stereocenters. The molecule has 4 aromatic rings. The van der Waals surface area contributed by atoms with Crippen LogP contribution in [0.3, 0.4) is 0 Å². The second kappa shape index (κ2) is 9.28. The van der Waals surface area contributed by atoms with Gasteiger partial charge in [-0.25, -0.2) is 4.42 Å². The van der Waals surface area contributed by atoms with Crippen molar-refractivity contribution in [2.75, 3.05) is 0 Å². The van der Waals surface area contributed by atoms with Crippen molar-refractivity contribution in [3.8, 4) is 33.8 Å². The van der Waals surface area contributed by atoms with Gasteiger partial charge in [0.25, 0.3) is 0 Å². The van der Waals surface area contributed by atoms with E-state index in [9.17, 15) is 13.2 Å². The second-order valence-corrected chi connectivity index (χ2v) is 7.51. The van der Waals surface area contributed by atoms with E-state index in [4.69, 9.17) is 14.3 Å². The van der Waals surface area contributed by atoms with Gasteiger partial charge in [-0.05, 0) is 42.2 Å². The molecule has 0 saturated carbocycles. The minimum atomic E-state index is -5.19. The van der Waals surface area contributed by atoms with E-state index in [-0.39, 0.29) is 0 Å². The third kappa shape index (κ3) is 4.95. The molecule has 0 N–H and O–H groups in total. The van der Waals surface area contributed by atoms with E-state index >= 15 is 0 Å². The van der Waals surface area contributed by atoms with Crippen molar-refractivity contribution in [3.63, 3.8) is 0 Å². The van der Waals surface area contributed by atoms with Crippen molar-refractivity contribution >= 4 is 5.97 Å². The standard InChI is InChI=1S/C25H19O.C2HF3O2/c1-3-9-18(10-4-1)23-17-24(20-12-5-2-6-13-20)26-25-21-14-8-7-11-19(21)15-16-22(23)25;3-2(4,5)1(6)7/h1-14,17H,15-16H2;(H,6,7)/q+1;/p-1. The average Bonchev–Trinajstić information content (AvgIpc) is 2.84. The Labute approximate surface area is 188 Å². The maximum absolute atomic E-state index is 10.5. The fourth-order valence-corrected chi connectivity index (χ4v) is 3.85. The molecule has 0 spiro atoms. The van der Waals surface area contributed by atoms with Gasteiger partial charge in [0.1, 0.15) is 5.97 Å². The van der Waals surface area contributed by atoms with Crippen LogP contribution in [0.5, 0.6) is 0 Å². The Hall–Kier alpha value is -3.93. The van der Waals surface area contributed by atoms with E-state index in [0.29, 0.717) is 0 Å². The lowest BCUT2D eigenvalue weighted by Gasteiger charge is -2.16. The van der Waals surface area contributed by atoms with Crippen molar-refractivity contribution < 1.29 is 27.5 Å². The van der Waals surface area contributed by atoms with Gasteiger partial charge >= 0.3 is 17.7 Å². The maximum Gasteiger partial charge on any atom is 0.430 e. The number of halogens is 3. The van der Waals surface area contributed by atoms with Crippen LogP contribution in [0.25, 0.3) is 33.8 Å². The summed E-state index contributed by atoms with van der Waals surface area (Å²) >= 11 is 0. The molecule has 0 aliphatic heterocycles. The first-order valence-corrected chi connectivity index (χ1v) is 10.3. The number of rotatable bonds is 2. The lowest BCUT2D eigenvalue weighted by Crippen LogP contribution is -2.37. The molecular weight excluding hydrogens is 429 g/mol. The number of carboxylic acid groups (broad SMARTS) is 1. The molecule has 0 radical (unpaired) electrons. The number of fused-ring (bicyclic) bond motifs is 3. The van der Waals surface area contributed by atoms with E-state index in [1.54, 1.807) is 0 Å². The van der Waals surface area contributed by atoms with Crippen LogP contribution in [-0.4, -0.2) is 12.1 Å². The van der Waals surface area contributed by atoms with Crippen molar-refractivity contribution in [1.29, 1.82) is 0 Å². The molecule has 166 valence electrons. The highest BCUT2D eigenvalue weighted by molar-refractivity contribution is 5.81. The van der Waals surface area contributed by atoms with Gasteiger partial charge in [0.05, 0.1) is 22.8 Å². The lowest BCUT2D eigenvalue weighted by molar-refractivity contribution is -0.344. The van der Waals surface area contributed by atoms with Crippen LogP contribution in [-0.2, 0) is 17.6 Å². The number of hydrogen-bond donors (Lipinski definition) is 0. The Balaban J connectivity index is 0.000000325. The smallest absolute Gasteiger partial charge is 0.430 e. The average molecular weight is 448 g/mol. The SMILES string of the molecule is O=C([O-])C(F)(F)F.c1ccc(-c2cc(-c3ccccc3)c3c([o+]2)-c2ccccc2CC3)cc1. The zero-order chi connectivity index (χ0) is 23.4. The van der Waals surface area contributed by atoms with E-state index in [0.717, 1.165) is 29.9 Å². The van der Waals surface area contributed by atoms with Crippen molar-refractivity contribution in [2.45, 2.75) is 19.0 Å². The van der Waals surface area contributed by atoms with Crippen molar-refractivity contribution in [3.05, 3.63) is 102 Å². The summed E-state index contributed by atoms with van der Waals surface area (Å²) in [5, 5.41) is 8.78. The second-order valence-electron chi connectivity index (χ2n) is 7.51. The van der Waals surface area contributed by atoms with Crippen LogP contribution in [0.1, 0.15) is 11.1 Å². The molecule has 0 atom stereocenters. The number of aliphatic carboxylic acids is 1. The molecule has 0 amide bonds. The third-order valence-electron chi connectivity index (χ3n) is 5.37. The number of hydrogen-bond acceptors (Lipinski definition) is 2. The first-order valence-electron chi connectivity index (χ1n) is 10.3. The van der Waals surface area contributed by atoms with Gasteiger partial charge in [-0.2, -0.15) is 13.2 Å². The zero-order valence-electron chi connectivity index (χ0n) is 17.4. The highest BCUT2D eigenvalue weighted by atomic mass is 19.4. The molecule has 5 rings (SSSR count). The van der Waals surface area contributed by atoms with E-state index in [1.807, 2.05) is 6.07 Å². The molecule has 0 fully saturated rings. The van der Waals surface area contributed by atoms with Crippen LogP contribution >= 0.6 is 0 Å². The van der Waals surface area contributed by atoms with Crippen LogP contribution in [0.4, 0.5) is 13.2 Å². The van der Waals surface area contributed by atoms with Gasteiger partial charge in [-0.3, -0.25) is 0 Å². The summed E-state index contributed by atoms with van der Waals surface area (Å²) in [4.78, 5) is 8.78. The van der Waals surface area contributed by atoms with Gasteiger partial charge in [-0.15, -0.1) is 0 Å². The molecule has 0 saturated heterocycles. The van der Waals surface area contributed by atoms with Gasteiger partial charge < -0.3 is 9.90 Å². The van der Waals surface area contributed by atoms with E-state index in [2.05, 4.69) is 84.9 Å². The van der Waals surface area contributed by atoms with Gasteiger partial charge in [0.15, 0.2) is 0 Å². The van der Waals surface area contributed by atoms with Crippen molar-refractivity contribution in [2.24, 2.45) is 0 Å². The summed E-state index contributed by atoms with van der Waals surface area (Å²) in [7, 11) is 0. The van der Waals surface area contributed by atoms with Crippen LogP contribution in [0.2, 0.25) is 0 Å². The molecule has 3 nitrogen and oxygen atoms in total. The summed E-state index contributed by atoms with van der Waals surface area (Å²) < 4.78 is 38.0. The first-order chi connectivity index (χ1) is 15.8. The Kier molecular flexibility index (Phi) is 6.27. The number of carbonyl (C=O) groups is 1. The first kappa shape index (κ1) is 22.3. The molecule has 1 aliphatic rings. The zero-order valence-corrected chi connectivity index (χ0v) is 17.4. The summed E-state index contributed by atoms with van der Waals surface area (Å²) in [6.45, 7) is 0.